The molecule has 0 aromatic heterocycles. The SMILES string of the molecule is C=CCN1CC[C@@]2(c3cccc(OC)c3)C[C@@H](N(CC(C)C)C(=O)c3ccc4ccccc4c3)CC[C@]2(OC)C1. The smallest absolute Gasteiger partial charge is 0.254 e. The van der Waals surface area contributed by atoms with Gasteiger partial charge in [0.2, 0.25) is 0 Å². The van der Waals surface area contributed by atoms with Crippen molar-refractivity contribution in [2.75, 3.05) is 40.4 Å². The predicted octanol–water partition coefficient (Wildman–Crippen LogP) is 6.71. The molecule has 212 valence electrons. The summed E-state index contributed by atoms with van der Waals surface area (Å²) in [5.74, 6) is 1.35. The fraction of sp³-hybridized carbons (Fsp3) is 0.457. The first-order valence-corrected chi connectivity index (χ1v) is 14.7. The zero-order valence-electron chi connectivity index (χ0n) is 24.6. The van der Waals surface area contributed by atoms with Crippen LogP contribution in [0.1, 0.15) is 55.5 Å². The number of likely N-dealkylation sites (tertiary alicyclic amines) is 1. The number of benzene rings is 3. The van der Waals surface area contributed by atoms with Gasteiger partial charge >= 0.3 is 0 Å². The molecule has 3 aromatic rings. The first kappa shape index (κ1) is 28.4. The third kappa shape index (κ3) is 5.17. The molecule has 0 unspecified atom stereocenters. The molecule has 5 rings (SSSR count). The van der Waals surface area contributed by atoms with Crippen LogP contribution in [0.4, 0.5) is 0 Å². The highest BCUT2D eigenvalue weighted by Crippen LogP contribution is 2.54. The van der Waals surface area contributed by atoms with Crippen molar-refractivity contribution in [1.29, 1.82) is 0 Å². The molecule has 0 radical (unpaired) electrons. The van der Waals surface area contributed by atoms with Crippen LogP contribution in [0.3, 0.4) is 0 Å². The van der Waals surface area contributed by atoms with Crippen LogP contribution in [0.15, 0.2) is 79.4 Å². The van der Waals surface area contributed by atoms with E-state index in [1.165, 1.54) is 5.56 Å². The maximum atomic E-state index is 14.3. The first-order chi connectivity index (χ1) is 19.3. The summed E-state index contributed by atoms with van der Waals surface area (Å²) in [7, 11) is 3.60. The summed E-state index contributed by atoms with van der Waals surface area (Å²) in [5.41, 5.74) is 1.42. The van der Waals surface area contributed by atoms with E-state index in [9.17, 15) is 4.79 Å². The van der Waals surface area contributed by atoms with Gasteiger partial charge in [-0.3, -0.25) is 9.69 Å². The molecule has 40 heavy (non-hydrogen) atoms. The van der Waals surface area contributed by atoms with E-state index in [1.54, 1.807) is 7.11 Å². The number of carbonyl (C=O) groups excluding carboxylic acids is 1. The van der Waals surface area contributed by atoms with Crippen LogP contribution in [0.2, 0.25) is 0 Å². The first-order valence-electron chi connectivity index (χ1n) is 14.7. The Morgan fingerprint density at radius 2 is 1.88 bits per heavy atom. The van der Waals surface area contributed by atoms with Crippen molar-refractivity contribution >= 4 is 16.7 Å². The molecule has 2 fully saturated rings. The van der Waals surface area contributed by atoms with Crippen molar-refractivity contribution < 1.29 is 14.3 Å². The van der Waals surface area contributed by atoms with Gasteiger partial charge in [0.25, 0.3) is 5.91 Å². The maximum absolute atomic E-state index is 14.3. The van der Waals surface area contributed by atoms with E-state index in [4.69, 9.17) is 9.47 Å². The second-order valence-electron chi connectivity index (χ2n) is 12.1. The van der Waals surface area contributed by atoms with Gasteiger partial charge in [-0.2, -0.15) is 0 Å². The van der Waals surface area contributed by atoms with Crippen LogP contribution < -0.4 is 4.74 Å². The highest BCUT2D eigenvalue weighted by Gasteiger charge is 2.59. The second-order valence-corrected chi connectivity index (χ2v) is 12.1. The molecule has 0 spiro atoms. The van der Waals surface area contributed by atoms with Crippen molar-refractivity contribution in [2.24, 2.45) is 5.92 Å². The summed E-state index contributed by atoms with van der Waals surface area (Å²) in [6, 6.07) is 23.0. The van der Waals surface area contributed by atoms with Gasteiger partial charge < -0.3 is 14.4 Å². The van der Waals surface area contributed by atoms with Crippen LogP contribution in [0.5, 0.6) is 5.75 Å². The molecule has 1 saturated carbocycles. The molecular weight excluding hydrogens is 496 g/mol. The summed E-state index contributed by atoms with van der Waals surface area (Å²) in [5, 5.41) is 2.25. The normalized spacial score (nSPS) is 25.0. The number of nitrogens with zero attached hydrogens (tertiary/aromatic N) is 2. The van der Waals surface area contributed by atoms with Gasteiger partial charge in [-0.15, -0.1) is 6.58 Å². The number of piperidine rings is 1. The summed E-state index contributed by atoms with van der Waals surface area (Å²) in [6.07, 6.45) is 5.60. The number of amides is 1. The molecule has 2 aliphatic rings. The van der Waals surface area contributed by atoms with E-state index < -0.39 is 0 Å². The molecule has 1 saturated heterocycles. The Bertz CT molecular complexity index is 1350. The monoisotopic (exact) mass is 540 g/mol. The molecule has 1 heterocycles. The third-order valence-corrected chi connectivity index (χ3v) is 9.33. The van der Waals surface area contributed by atoms with Crippen LogP contribution in [0.25, 0.3) is 10.8 Å². The Morgan fingerprint density at radius 3 is 2.60 bits per heavy atom. The highest BCUT2D eigenvalue weighted by atomic mass is 16.5. The average Bonchev–Trinajstić information content (AvgIpc) is 2.99. The lowest BCUT2D eigenvalue weighted by Crippen LogP contribution is -2.68. The number of ether oxygens (including phenoxy) is 2. The van der Waals surface area contributed by atoms with Gasteiger partial charge in [0.15, 0.2) is 0 Å². The van der Waals surface area contributed by atoms with Crippen molar-refractivity contribution in [3.63, 3.8) is 0 Å². The van der Waals surface area contributed by atoms with Gasteiger partial charge in [-0.25, -0.2) is 0 Å². The van der Waals surface area contributed by atoms with E-state index in [-0.39, 0.29) is 23.0 Å². The lowest BCUT2D eigenvalue weighted by atomic mass is 9.55. The van der Waals surface area contributed by atoms with Crippen molar-refractivity contribution in [3.8, 4) is 5.75 Å². The average molecular weight is 541 g/mol. The predicted molar refractivity (Wildman–Crippen MR) is 163 cm³/mol. The van der Waals surface area contributed by atoms with Crippen LogP contribution in [0, 0.1) is 5.92 Å². The number of carbonyl (C=O) groups is 1. The van der Waals surface area contributed by atoms with Crippen molar-refractivity contribution in [2.45, 2.75) is 56.6 Å². The highest BCUT2D eigenvalue weighted by molar-refractivity contribution is 5.98. The molecule has 0 bridgehead atoms. The minimum absolute atomic E-state index is 0.113. The Morgan fingerprint density at radius 1 is 1.07 bits per heavy atom. The van der Waals surface area contributed by atoms with E-state index >= 15 is 0 Å². The van der Waals surface area contributed by atoms with Crippen LogP contribution in [-0.2, 0) is 10.2 Å². The number of hydrogen-bond acceptors (Lipinski definition) is 4. The lowest BCUT2D eigenvalue weighted by Gasteiger charge is -2.60. The lowest BCUT2D eigenvalue weighted by molar-refractivity contribution is -0.153. The van der Waals surface area contributed by atoms with E-state index in [2.05, 4.69) is 72.7 Å². The fourth-order valence-electron chi connectivity index (χ4n) is 7.37. The van der Waals surface area contributed by atoms with Gasteiger partial charge in [-0.05, 0) is 78.7 Å². The third-order valence-electron chi connectivity index (χ3n) is 9.33. The Labute approximate surface area is 239 Å². The van der Waals surface area contributed by atoms with Crippen molar-refractivity contribution in [1.82, 2.24) is 9.80 Å². The zero-order chi connectivity index (χ0) is 28.3. The van der Waals surface area contributed by atoms with Gasteiger partial charge in [0.05, 0.1) is 12.7 Å². The van der Waals surface area contributed by atoms with Gasteiger partial charge in [-0.1, -0.05) is 62.4 Å². The maximum Gasteiger partial charge on any atom is 0.254 e. The quantitative estimate of drug-likeness (QED) is 0.283. The standard InChI is InChI=1S/C35H44N2O3/c1-6-19-36-20-18-34(30-12-9-13-32(22-30)39-4)23-31(16-17-35(34,25-36)40-5)37(24-26(2)3)33(38)29-15-14-27-10-7-8-11-28(27)21-29/h6-15,21-22,26,31H,1,16-20,23-25H2,2-5H3/t31-,34-,35-/m0/s1. The molecule has 1 amide bonds. The molecule has 1 aliphatic carbocycles. The summed E-state index contributed by atoms with van der Waals surface area (Å²) < 4.78 is 12.3. The topological polar surface area (TPSA) is 42.0 Å². The number of rotatable bonds is 9. The van der Waals surface area contributed by atoms with E-state index in [0.29, 0.717) is 5.92 Å². The van der Waals surface area contributed by atoms with Crippen LogP contribution >= 0.6 is 0 Å². The molecule has 3 atom stereocenters. The van der Waals surface area contributed by atoms with Gasteiger partial charge in [0, 0.05) is 43.8 Å². The summed E-state index contributed by atoms with van der Waals surface area (Å²) in [4.78, 5) is 18.9. The summed E-state index contributed by atoms with van der Waals surface area (Å²) in [6.45, 7) is 11.8. The number of methoxy groups -OCH3 is 2. The van der Waals surface area contributed by atoms with Gasteiger partial charge in [0.1, 0.15) is 5.75 Å². The fourth-order valence-corrected chi connectivity index (χ4v) is 7.37. The molecule has 5 nitrogen and oxygen atoms in total. The minimum atomic E-state index is -0.355. The van der Waals surface area contributed by atoms with E-state index in [0.717, 1.165) is 73.9 Å². The molecule has 5 heteroatoms. The second kappa shape index (κ2) is 11.8. The van der Waals surface area contributed by atoms with Crippen molar-refractivity contribution in [3.05, 3.63) is 90.5 Å². The molecule has 3 aromatic carbocycles. The van der Waals surface area contributed by atoms with E-state index in [1.807, 2.05) is 37.5 Å². The number of hydrogen-bond donors (Lipinski definition) is 0. The Hall–Kier alpha value is -3.15. The number of fused-ring (bicyclic) bond motifs is 2. The zero-order valence-corrected chi connectivity index (χ0v) is 24.6. The largest absolute Gasteiger partial charge is 0.497 e. The Kier molecular flexibility index (Phi) is 8.34. The molecule has 1 aliphatic heterocycles. The summed E-state index contributed by atoms with van der Waals surface area (Å²) >= 11 is 0. The Balaban J connectivity index is 1.55. The molecular formula is C35H44N2O3. The minimum Gasteiger partial charge on any atom is -0.497 e. The molecule has 0 N–H and O–H groups in total. The van der Waals surface area contributed by atoms with Crippen LogP contribution in [-0.4, -0.2) is 67.7 Å².